The number of nitrogens with zero attached hydrogens (tertiary/aromatic N) is 2. The van der Waals surface area contributed by atoms with Crippen molar-refractivity contribution < 1.29 is 4.79 Å². The van der Waals surface area contributed by atoms with Crippen molar-refractivity contribution in [2.45, 2.75) is 38.6 Å². The molecule has 1 amide bonds. The van der Waals surface area contributed by atoms with Gasteiger partial charge in [-0.15, -0.1) is 11.3 Å². The summed E-state index contributed by atoms with van der Waals surface area (Å²) in [5.41, 5.74) is 3.44. The zero-order chi connectivity index (χ0) is 16.5. The van der Waals surface area contributed by atoms with Crippen LogP contribution in [0.2, 0.25) is 0 Å². The molecule has 24 heavy (non-hydrogen) atoms. The van der Waals surface area contributed by atoms with Gasteiger partial charge < -0.3 is 4.90 Å². The Hall–Kier alpha value is -2.20. The molecule has 122 valence electrons. The van der Waals surface area contributed by atoms with E-state index in [2.05, 4.69) is 30.1 Å². The molecule has 0 N–H and O–H groups in total. The first kappa shape index (κ1) is 15.3. The molecule has 0 bridgehead atoms. The molecule has 1 unspecified atom stereocenters. The van der Waals surface area contributed by atoms with Crippen LogP contribution in [0, 0.1) is 0 Å². The van der Waals surface area contributed by atoms with Crippen molar-refractivity contribution in [1.82, 2.24) is 4.98 Å². The average Bonchev–Trinajstić information content (AvgIpc) is 3.13. The van der Waals surface area contributed by atoms with Gasteiger partial charge >= 0.3 is 0 Å². The van der Waals surface area contributed by atoms with E-state index in [1.807, 2.05) is 35.2 Å². The third kappa shape index (κ3) is 2.82. The first-order valence-electron chi connectivity index (χ1n) is 8.47. The van der Waals surface area contributed by atoms with E-state index in [4.69, 9.17) is 0 Å². The van der Waals surface area contributed by atoms with Crippen molar-refractivity contribution >= 4 is 33.1 Å². The van der Waals surface area contributed by atoms with Gasteiger partial charge in [-0.1, -0.05) is 30.3 Å². The Morgan fingerprint density at radius 3 is 2.88 bits per heavy atom. The van der Waals surface area contributed by atoms with Gasteiger partial charge in [0.05, 0.1) is 15.2 Å². The summed E-state index contributed by atoms with van der Waals surface area (Å²) in [5.74, 6) is 0.230. The maximum absolute atomic E-state index is 12.7. The van der Waals surface area contributed by atoms with Crippen LogP contribution in [-0.4, -0.2) is 16.9 Å². The smallest absolute Gasteiger partial charge is 0.227 e. The van der Waals surface area contributed by atoms with E-state index in [1.54, 1.807) is 11.3 Å². The third-order valence-electron chi connectivity index (χ3n) is 4.60. The molecule has 0 saturated carbocycles. The quantitative estimate of drug-likeness (QED) is 0.698. The number of aromatic nitrogens is 1. The Kier molecular flexibility index (Phi) is 4.07. The van der Waals surface area contributed by atoms with Gasteiger partial charge in [-0.25, -0.2) is 4.98 Å². The van der Waals surface area contributed by atoms with Crippen molar-refractivity contribution in [3.63, 3.8) is 0 Å². The van der Waals surface area contributed by atoms with E-state index < -0.39 is 0 Å². The number of carbonyl (C=O) groups excluding carboxylic acids is 1. The highest BCUT2D eigenvalue weighted by Crippen LogP contribution is 2.32. The van der Waals surface area contributed by atoms with Crippen LogP contribution in [0.5, 0.6) is 0 Å². The number of hydrogen-bond donors (Lipinski definition) is 0. The number of benzene rings is 2. The lowest BCUT2D eigenvalue weighted by atomic mass is 10.1. The second-order valence-electron chi connectivity index (χ2n) is 6.37. The highest BCUT2D eigenvalue weighted by molar-refractivity contribution is 7.18. The van der Waals surface area contributed by atoms with E-state index in [-0.39, 0.29) is 11.9 Å². The number of carbonyl (C=O) groups is 1. The van der Waals surface area contributed by atoms with Crippen molar-refractivity contribution in [2.75, 3.05) is 4.90 Å². The molecular weight excluding hydrogens is 316 g/mol. The molecule has 3 nitrogen and oxygen atoms in total. The molecule has 1 atom stereocenters. The summed E-state index contributed by atoms with van der Waals surface area (Å²) in [6.07, 6.45) is 3.26. The monoisotopic (exact) mass is 336 g/mol. The van der Waals surface area contributed by atoms with Crippen LogP contribution in [0.3, 0.4) is 0 Å². The Labute approximate surface area is 146 Å². The first-order valence-corrected chi connectivity index (χ1v) is 9.28. The molecule has 0 spiro atoms. The molecule has 1 aromatic heterocycles. The van der Waals surface area contributed by atoms with Crippen LogP contribution >= 0.6 is 11.3 Å². The summed E-state index contributed by atoms with van der Waals surface area (Å²) in [5, 5.41) is 1.12. The SMILES string of the molecule is CC1Cc2ccccc2N1C(=O)CCCc1nc2ccccc2s1. The molecule has 1 aliphatic rings. The molecule has 0 aliphatic carbocycles. The van der Waals surface area contributed by atoms with Gasteiger partial charge in [-0.2, -0.15) is 0 Å². The fraction of sp³-hybridized carbons (Fsp3) is 0.300. The molecule has 2 heterocycles. The first-order chi connectivity index (χ1) is 11.7. The molecule has 1 aliphatic heterocycles. The minimum Gasteiger partial charge on any atom is -0.309 e. The maximum Gasteiger partial charge on any atom is 0.227 e. The van der Waals surface area contributed by atoms with Crippen LogP contribution in [0.25, 0.3) is 10.2 Å². The molecular formula is C20H20N2OS. The minimum atomic E-state index is 0.230. The van der Waals surface area contributed by atoms with Crippen LogP contribution in [-0.2, 0) is 17.6 Å². The van der Waals surface area contributed by atoms with Gasteiger partial charge in [-0.05, 0) is 49.9 Å². The van der Waals surface area contributed by atoms with Crippen molar-refractivity contribution in [2.24, 2.45) is 0 Å². The van der Waals surface area contributed by atoms with E-state index >= 15 is 0 Å². The van der Waals surface area contributed by atoms with Crippen LogP contribution < -0.4 is 4.90 Å². The Morgan fingerprint density at radius 2 is 2.00 bits per heavy atom. The summed E-state index contributed by atoms with van der Waals surface area (Å²) in [6.45, 7) is 2.13. The lowest BCUT2D eigenvalue weighted by Gasteiger charge is -2.22. The number of aryl methyl sites for hydroxylation is 1. The van der Waals surface area contributed by atoms with Gasteiger partial charge in [-0.3, -0.25) is 4.79 Å². The predicted octanol–water partition coefficient (Wildman–Crippen LogP) is 4.60. The van der Waals surface area contributed by atoms with E-state index in [1.165, 1.54) is 10.3 Å². The maximum atomic E-state index is 12.7. The Morgan fingerprint density at radius 1 is 1.21 bits per heavy atom. The van der Waals surface area contributed by atoms with Crippen LogP contribution in [0.4, 0.5) is 5.69 Å². The number of fused-ring (bicyclic) bond motifs is 2. The summed E-state index contributed by atoms with van der Waals surface area (Å²) in [4.78, 5) is 19.3. The van der Waals surface area contributed by atoms with Gasteiger partial charge in [0.1, 0.15) is 0 Å². The molecule has 0 radical (unpaired) electrons. The number of hydrogen-bond acceptors (Lipinski definition) is 3. The third-order valence-corrected chi connectivity index (χ3v) is 5.69. The topological polar surface area (TPSA) is 33.2 Å². The highest BCUT2D eigenvalue weighted by Gasteiger charge is 2.29. The summed E-state index contributed by atoms with van der Waals surface area (Å²) in [6, 6.07) is 16.7. The predicted molar refractivity (Wildman–Crippen MR) is 99.7 cm³/mol. The molecule has 3 aromatic rings. The number of amides is 1. The summed E-state index contributed by atoms with van der Waals surface area (Å²) in [7, 11) is 0. The highest BCUT2D eigenvalue weighted by atomic mass is 32.1. The Balaban J connectivity index is 1.40. The fourth-order valence-electron chi connectivity index (χ4n) is 3.48. The lowest BCUT2D eigenvalue weighted by molar-refractivity contribution is -0.119. The second-order valence-corrected chi connectivity index (χ2v) is 7.49. The molecule has 4 heteroatoms. The van der Waals surface area contributed by atoms with Crippen LogP contribution in [0.1, 0.15) is 30.3 Å². The van der Waals surface area contributed by atoms with E-state index in [9.17, 15) is 4.79 Å². The number of thiazole rings is 1. The van der Waals surface area contributed by atoms with Gasteiger partial charge in [0, 0.05) is 18.2 Å². The van der Waals surface area contributed by atoms with Gasteiger partial charge in [0.15, 0.2) is 0 Å². The lowest BCUT2D eigenvalue weighted by Crippen LogP contribution is -2.35. The van der Waals surface area contributed by atoms with Crippen molar-refractivity contribution in [3.8, 4) is 0 Å². The van der Waals surface area contributed by atoms with E-state index in [0.717, 1.165) is 35.5 Å². The number of anilines is 1. The number of para-hydroxylation sites is 2. The summed E-state index contributed by atoms with van der Waals surface area (Å²) < 4.78 is 1.22. The van der Waals surface area contributed by atoms with Crippen LogP contribution in [0.15, 0.2) is 48.5 Å². The average molecular weight is 336 g/mol. The summed E-state index contributed by atoms with van der Waals surface area (Å²) >= 11 is 1.73. The second kappa shape index (κ2) is 6.36. The van der Waals surface area contributed by atoms with Gasteiger partial charge in [0.25, 0.3) is 0 Å². The zero-order valence-electron chi connectivity index (χ0n) is 13.7. The largest absolute Gasteiger partial charge is 0.309 e. The van der Waals surface area contributed by atoms with Crippen molar-refractivity contribution in [3.05, 3.63) is 59.1 Å². The molecule has 0 fully saturated rings. The normalized spacial score (nSPS) is 16.5. The zero-order valence-corrected chi connectivity index (χ0v) is 14.6. The molecule has 2 aromatic carbocycles. The molecule has 0 saturated heterocycles. The standard InChI is InChI=1S/C20H20N2OS/c1-14-13-15-7-2-4-9-17(15)22(14)20(23)12-6-11-19-21-16-8-3-5-10-18(16)24-19/h2-5,7-10,14H,6,11-13H2,1H3. The van der Waals surface area contributed by atoms with Gasteiger partial charge in [0.2, 0.25) is 5.91 Å². The Bertz CT molecular complexity index is 853. The fourth-order valence-corrected chi connectivity index (χ4v) is 4.49. The van der Waals surface area contributed by atoms with Crippen molar-refractivity contribution in [1.29, 1.82) is 0 Å². The minimum absolute atomic E-state index is 0.230. The molecule has 4 rings (SSSR count). The number of rotatable bonds is 4. The van der Waals surface area contributed by atoms with E-state index in [0.29, 0.717) is 6.42 Å².